The zero-order valence-electron chi connectivity index (χ0n) is 34.0. The molecule has 0 aliphatic carbocycles. The van der Waals surface area contributed by atoms with E-state index in [9.17, 15) is 24.9 Å². The maximum Gasteiger partial charge on any atom is 0.251 e. The van der Waals surface area contributed by atoms with Gasteiger partial charge in [-0.1, -0.05) is 90.1 Å². The summed E-state index contributed by atoms with van der Waals surface area (Å²) < 4.78 is 5.98. The first-order valence-electron chi connectivity index (χ1n) is 18.7. The average Bonchev–Trinajstić information content (AvgIpc) is 3.19. The first-order valence-corrected chi connectivity index (χ1v) is 18.7. The predicted molar refractivity (Wildman–Crippen MR) is 221 cm³/mol. The van der Waals surface area contributed by atoms with Gasteiger partial charge in [-0.05, 0) is 76.8 Å². The molecule has 0 bridgehead atoms. The molecule has 0 radical (unpaired) electrons. The molecule has 0 fully saturated rings. The molecular formula is C46H53N5O6. The van der Waals surface area contributed by atoms with Gasteiger partial charge in [0.05, 0.1) is 31.2 Å². The second-order valence-electron chi connectivity index (χ2n) is 15.8. The smallest absolute Gasteiger partial charge is 0.251 e. The standard InChI is InChI=1S/C27H29N3O3.C19H24N2O3/c1-18-25(33-17-19-6-12-23(28-5)13-7-19)24(16-31)21(14-29-18)15-30-26(32)20-8-10-22(11-9-20)27(2,3)4;1-12-17(23)16(11-22)14(9-20-12)10-21-18(24)13-5-7-15(8-6-13)19(2,3)4/h6-14,31H,15-17H2,1-4H3,(H,30,32);5-9,22-23H,10-11H2,1-4H3,(H,21,24). The normalized spacial score (nSPS) is 11.2. The van der Waals surface area contributed by atoms with E-state index in [1.807, 2.05) is 55.5 Å². The van der Waals surface area contributed by atoms with Crippen LogP contribution in [0.1, 0.15) is 113 Å². The first kappa shape index (κ1) is 43.6. The molecule has 0 aliphatic heterocycles. The van der Waals surface area contributed by atoms with E-state index >= 15 is 0 Å². The quantitative estimate of drug-likeness (QED) is 0.0845. The lowest BCUT2D eigenvalue weighted by Gasteiger charge is -2.19. The Morgan fingerprint density at radius 1 is 0.684 bits per heavy atom. The molecule has 0 atom stereocenters. The van der Waals surface area contributed by atoms with E-state index in [4.69, 9.17) is 11.3 Å². The Balaban J connectivity index is 0.000000266. The molecule has 3 aromatic carbocycles. The minimum Gasteiger partial charge on any atom is -0.506 e. The van der Waals surface area contributed by atoms with Gasteiger partial charge in [-0.2, -0.15) is 0 Å². The van der Waals surface area contributed by atoms with Crippen molar-refractivity contribution in [1.29, 1.82) is 0 Å². The van der Waals surface area contributed by atoms with E-state index in [2.05, 4.69) is 67.0 Å². The van der Waals surface area contributed by atoms with E-state index in [1.165, 1.54) is 0 Å². The van der Waals surface area contributed by atoms with Crippen molar-refractivity contribution in [1.82, 2.24) is 20.6 Å². The van der Waals surface area contributed by atoms with Gasteiger partial charge in [0.2, 0.25) is 0 Å². The number of carbonyl (C=O) groups is 2. The van der Waals surface area contributed by atoms with Gasteiger partial charge in [0.15, 0.2) is 5.69 Å². The van der Waals surface area contributed by atoms with Crippen molar-refractivity contribution in [3.63, 3.8) is 0 Å². The first-order chi connectivity index (χ1) is 27.0. The van der Waals surface area contributed by atoms with E-state index in [0.29, 0.717) is 56.2 Å². The molecule has 2 amide bonds. The summed E-state index contributed by atoms with van der Waals surface area (Å²) in [6, 6.07) is 22.2. The van der Waals surface area contributed by atoms with Crippen LogP contribution >= 0.6 is 0 Å². The van der Waals surface area contributed by atoms with Crippen LogP contribution in [0.2, 0.25) is 0 Å². The van der Waals surface area contributed by atoms with Crippen molar-refractivity contribution in [3.05, 3.63) is 158 Å². The zero-order chi connectivity index (χ0) is 41.9. The SMILES string of the molecule is Cc1ncc(CNC(=O)c2ccc(C(C)(C)C)cc2)c(CO)c1O.[C-]#[N+]c1ccc(COc2c(C)ncc(CNC(=O)c3ccc(C(C)(C)C)cc3)c2CO)cc1. The summed E-state index contributed by atoms with van der Waals surface area (Å²) in [6.45, 7) is 23.4. The van der Waals surface area contributed by atoms with Crippen LogP contribution in [0.4, 0.5) is 5.69 Å². The van der Waals surface area contributed by atoms with Crippen LogP contribution in [0.5, 0.6) is 11.5 Å². The zero-order valence-corrected chi connectivity index (χ0v) is 34.0. The topological polar surface area (TPSA) is 158 Å². The number of ether oxygens (including phenoxy) is 1. The molecule has 0 spiro atoms. The van der Waals surface area contributed by atoms with Crippen molar-refractivity contribution in [3.8, 4) is 11.5 Å². The van der Waals surface area contributed by atoms with Crippen LogP contribution in [0.25, 0.3) is 4.85 Å². The third-order valence-electron chi connectivity index (χ3n) is 9.50. The van der Waals surface area contributed by atoms with Crippen LogP contribution in [-0.4, -0.2) is 37.1 Å². The Morgan fingerprint density at radius 3 is 1.54 bits per heavy atom. The van der Waals surface area contributed by atoms with E-state index in [0.717, 1.165) is 16.7 Å². The molecule has 5 N–H and O–H groups in total. The lowest BCUT2D eigenvalue weighted by Crippen LogP contribution is -2.24. The van der Waals surface area contributed by atoms with Gasteiger partial charge in [-0.15, -0.1) is 0 Å². The molecule has 2 heterocycles. The molecule has 0 saturated heterocycles. The van der Waals surface area contributed by atoms with Crippen LogP contribution in [0, 0.1) is 20.4 Å². The fraction of sp³-hybridized carbons (Fsp3) is 0.326. The highest BCUT2D eigenvalue weighted by atomic mass is 16.5. The number of hydrogen-bond donors (Lipinski definition) is 5. The second-order valence-corrected chi connectivity index (χ2v) is 15.8. The summed E-state index contributed by atoms with van der Waals surface area (Å²) in [4.78, 5) is 36.8. The van der Waals surface area contributed by atoms with Gasteiger partial charge in [0, 0.05) is 47.7 Å². The van der Waals surface area contributed by atoms with Crippen molar-refractivity contribution in [2.75, 3.05) is 0 Å². The van der Waals surface area contributed by atoms with Gasteiger partial charge in [0.1, 0.15) is 18.1 Å². The molecule has 5 rings (SSSR count). The molecule has 2 aromatic heterocycles. The summed E-state index contributed by atoms with van der Waals surface area (Å²) in [7, 11) is 0. The molecule has 11 nitrogen and oxygen atoms in total. The fourth-order valence-corrected chi connectivity index (χ4v) is 5.83. The molecule has 5 aromatic rings. The molecule has 11 heteroatoms. The molecule has 0 saturated carbocycles. The lowest BCUT2D eigenvalue weighted by atomic mass is 9.86. The Hall–Kier alpha value is -6.09. The van der Waals surface area contributed by atoms with Gasteiger partial charge in [0.25, 0.3) is 11.8 Å². The van der Waals surface area contributed by atoms with Crippen LogP contribution < -0.4 is 15.4 Å². The summed E-state index contributed by atoms with van der Waals surface area (Å²) in [6.07, 6.45) is 3.21. The highest BCUT2D eigenvalue weighted by molar-refractivity contribution is 5.94. The number of aromatic nitrogens is 2. The van der Waals surface area contributed by atoms with Gasteiger partial charge in [-0.25, -0.2) is 4.85 Å². The second kappa shape index (κ2) is 19.2. The number of amides is 2. The number of carbonyl (C=O) groups excluding carboxylic acids is 2. The number of aliphatic hydroxyl groups is 2. The maximum atomic E-state index is 12.6. The van der Waals surface area contributed by atoms with E-state index < -0.39 is 0 Å². The molecular weight excluding hydrogens is 719 g/mol. The third-order valence-corrected chi connectivity index (χ3v) is 9.50. The number of hydrogen-bond acceptors (Lipinski definition) is 8. The van der Waals surface area contributed by atoms with E-state index in [-0.39, 0.29) is 61.3 Å². The fourth-order valence-electron chi connectivity index (χ4n) is 5.83. The Kier molecular flexibility index (Phi) is 14.7. The van der Waals surface area contributed by atoms with Crippen molar-refractivity contribution >= 4 is 17.5 Å². The average molecular weight is 772 g/mol. The Labute approximate surface area is 335 Å². The number of aliphatic hydroxyl groups excluding tert-OH is 2. The van der Waals surface area contributed by atoms with Crippen LogP contribution in [0.3, 0.4) is 0 Å². The number of benzene rings is 3. The number of pyridine rings is 2. The summed E-state index contributed by atoms with van der Waals surface area (Å²) in [5, 5.41) is 35.1. The third kappa shape index (κ3) is 11.7. The van der Waals surface area contributed by atoms with Crippen LogP contribution in [-0.2, 0) is 43.7 Å². The summed E-state index contributed by atoms with van der Waals surface area (Å²) in [5.41, 5.74) is 8.40. The van der Waals surface area contributed by atoms with Crippen molar-refractivity contribution < 1.29 is 29.6 Å². The number of rotatable bonds is 11. The van der Waals surface area contributed by atoms with Gasteiger partial charge < -0.3 is 30.7 Å². The monoisotopic (exact) mass is 771 g/mol. The highest BCUT2D eigenvalue weighted by Gasteiger charge is 2.18. The summed E-state index contributed by atoms with van der Waals surface area (Å²) >= 11 is 0. The predicted octanol–water partition coefficient (Wildman–Crippen LogP) is 8.06. The van der Waals surface area contributed by atoms with Crippen molar-refractivity contribution in [2.24, 2.45) is 0 Å². The lowest BCUT2D eigenvalue weighted by molar-refractivity contribution is 0.0942. The van der Waals surface area contributed by atoms with Gasteiger partial charge in [-0.3, -0.25) is 19.6 Å². The minimum atomic E-state index is -0.305. The Morgan fingerprint density at radius 2 is 1.12 bits per heavy atom. The minimum absolute atomic E-state index is 0.0218. The van der Waals surface area contributed by atoms with E-state index in [1.54, 1.807) is 43.6 Å². The Bertz CT molecular complexity index is 2200. The molecule has 298 valence electrons. The number of aromatic hydroxyl groups is 1. The molecule has 0 unspecified atom stereocenters. The number of nitrogens with zero attached hydrogens (tertiary/aromatic N) is 3. The highest BCUT2D eigenvalue weighted by Crippen LogP contribution is 2.28. The van der Waals surface area contributed by atoms with Crippen LogP contribution in [0.15, 0.2) is 85.2 Å². The van der Waals surface area contributed by atoms with Gasteiger partial charge >= 0.3 is 0 Å². The number of nitrogens with one attached hydrogen (secondary N) is 2. The molecule has 57 heavy (non-hydrogen) atoms. The largest absolute Gasteiger partial charge is 0.506 e. The van der Waals surface area contributed by atoms with Crippen molar-refractivity contribution in [2.45, 2.75) is 99.1 Å². The maximum absolute atomic E-state index is 12.6. The molecule has 0 aliphatic rings. The summed E-state index contributed by atoms with van der Waals surface area (Å²) in [5.74, 6) is 0.0773. The number of aryl methyl sites for hydroxylation is 2.